The van der Waals surface area contributed by atoms with Gasteiger partial charge in [0.15, 0.2) is 0 Å². The fraction of sp³-hybridized carbons (Fsp3) is 1.00. The number of aliphatic hydroxyl groups is 1. The lowest BCUT2D eigenvalue weighted by Crippen LogP contribution is -2.54. The van der Waals surface area contributed by atoms with Crippen LogP contribution >= 0.6 is 11.6 Å². The number of alkyl halides is 1. The second-order valence-electron chi connectivity index (χ2n) is 4.93. The molecule has 0 aromatic heterocycles. The van der Waals surface area contributed by atoms with Gasteiger partial charge in [-0.25, -0.2) is 0 Å². The Balaban J connectivity index is 1.93. The van der Waals surface area contributed by atoms with Crippen molar-refractivity contribution < 1.29 is 5.11 Å². The molecule has 0 aromatic carbocycles. The molecule has 1 unspecified atom stereocenters. The average Bonchev–Trinajstić information content (AvgIpc) is 2.07. The van der Waals surface area contributed by atoms with Crippen LogP contribution in [-0.4, -0.2) is 16.6 Å². The normalized spacial score (nSPS) is 62.5. The van der Waals surface area contributed by atoms with Crippen molar-refractivity contribution in [3.63, 3.8) is 0 Å². The number of hydrogen-bond donors (Lipinski definition) is 1. The van der Waals surface area contributed by atoms with Gasteiger partial charge in [-0.3, -0.25) is 0 Å². The first-order valence-electron chi connectivity index (χ1n) is 5.08. The quantitative estimate of drug-likeness (QED) is 0.574. The van der Waals surface area contributed by atoms with Gasteiger partial charge in [0.25, 0.3) is 0 Å². The number of hydrogen-bond acceptors (Lipinski definition) is 1. The molecule has 4 fully saturated rings. The number of rotatable bonds is 0. The molecular formula is C10H15ClO. The van der Waals surface area contributed by atoms with Crippen LogP contribution in [0.3, 0.4) is 0 Å². The molecule has 4 saturated carbocycles. The number of halogens is 1. The fourth-order valence-electron chi connectivity index (χ4n) is 3.81. The highest BCUT2D eigenvalue weighted by Crippen LogP contribution is 2.55. The molecule has 1 nitrogen and oxygen atoms in total. The summed E-state index contributed by atoms with van der Waals surface area (Å²) < 4.78 is 0. The van der Waals surface area contributed by atoms with E-state index >= 15 is 0 Å². The first kappa shape index (κ1) is 7.64. The Morgan fingerprint density at radius 1 is 1.00 bits per heavy atom. The zero-order valence-electron chi connectivity index (χ0n) is 7.12. The molecule has 6 atom stereocenters. The van der Waals surface area contributed by atoms with E-state index < -0.39 is 0 Å². The van der Waals surface area contributed by atoms with Crippen LogP contribution in [0.25, 0.3) is 0 Å². The third-order valence-electron chi connectivity index (χ3n) is 4.26. The van der Waals surface area contributed by atoms with Gasteiger partial charge in [0.05, 0.1) is 6.10 Å². The first-order valence-corrected chi connectivity index (χ1v) is 5.51. The monoisotopic (exact) mass is 186 g/mol. The summed E-state index contributed by atoms with van der Waals surface area (Å²) in [5.74, 6) is 2.67. The largest absolute Gasteiger partial charge is 0.392 e. The fourth-order valence-corrected chi connectivity index (χ4v) is 4.26. The average molecular weight is 187 g/mol. The van der Waals surface area contributed by atoms with E-state index in [9.17, 15) is 5.11 Å². The first-order chi connectivity index (χ1) is 5.75. The standard InChI is InChI=1S/C10H15ClO/c11-9-6-1-5-2-7(4-6)10(12)8(9)3-5/h5-10,12H,1-4H2/t5-,6?,7+,8+,9-,10-/m1/s1. The van der Waals surface area contributed by atoms with Crippen molar-refractivity contribution in [3.8, 4) is 0 Å². The molecule has 68 valence electrons. The van der Waals surface area contributed by atoms with E-state index in [4.69, 9.17) is 11.6 Å². The van der Waals surface area contributed by atoms with Crippen LogP contribution in [-0.2, 0) is 0 Å². The minimum Gasteiger partial charge on any atom is -0.392 e. The topological polar surface area (TPSA) is 20.2 Å². The Morgan fingerprint density at radius 3 is 2.58 bits per heavy atom. The molecule has 1 N–H and O–H groups in total. The van der Waals surface area contributed by atoms with E-state index in [1.165, 1.54) is 25.7 Å². The molecule has 12 heavy (non-hydrogen) atoms. The second-order valence-corrected chi connectivity index (χ2v) is 5.43. The summed E-state index contributed by atoms with van der Waals surface area (Å²) in [7, 11) is 0. The summed E-state index contributed by atoms with van der Waals surface area (Å²) in [4.78, 5) is 0. The SMILES string of the molecule is O[C@@H]1[C@@H]2CC3C[C@H](C2)C[C@H]1[C@@H]3Cl. The van der Waals surface area contributed by atoms with Crippen LogP contribution in [0, 0.1) is 23.7 Å². The van der Waals surface area contributed by atoms with Crippen molar-refractivity contribution >= 4 is 11.6 Å². The van der Waals surface area contributed by atoms with Crippen LogP contribution in [0.4, 0.5) is 0 Å². The van der Waals surface area contributed by atoms with Crippen LogP contribution < -0.4 is 0 Å². The van der Waals surface area contributed by atoms with Crippen molar-refractivity contribution in [2.45, 2.75) is 37.2 Å². The molecule has 4 aliphatic carbocycles. The molecule has 0 aromatic rings. The van der Waals surface area contributed by atoms with Crippen molar-refractivity contribution in [2.24, 2.45) is 23.7 Å². The summed E-state index contributed by atoms with van der Waals surface area (Å²) in [6.45, 7) is 0. The Bertz CT molecular complexity index is 188. The Morgan fingerprint density at radius 2 is 1.75 bits per heavy atom. The molecule has 0 radical (unpaired) electrons. The molecule has 4 aliphatic rings. The minimum absolute atomic E-state index is 0.0692. The van der Waals surface area contributed by atoms with Gasteiger partial charge in [0.2, 0.25) is 0 Å². The van der Waals surface area contributed by atoms with E-state index in [2.05, 4.69) is 0 Å². The maximum atomic E-state index is 9.91. The van der Waals surface area contributed by atoms with E-state index in [0.29, 0.717) is 11.8 Å². The molecule has 0 saturated heterocycles. The van der Waals surface area contributed by atoms with Gasteiger partial charge in [-0.05, 0) is 43.4 Å². The molecule has 0 spiro atoms. The lowest BCUT2D eigenvalue weighted by atomic mass is 9.55. The predicted molar refractivity (Wildman–Crippen MR) is 48.1 cm³/mol. The molecule has 2 heteroatoms. The van der Waals surface area contributed by atoms with E-state index in [-0.39, 0.29) is 11.5 Å². The van der Waals surface area contributed by atoms with Crippen LogP contribution in [0.2, 0.25) is 0 Å². The maximum absolute atomic E-state index is 9.91. The van der Waals surface area contributed by atoms with Gasteiger partial charge in [-0.1, -0.05) is 0 Å². The van der Waals surface area contributed by atoms with Gasteiger partial charge in [-0.15, -0.1) is 11.6 Å². The summed E-state index contributed by atoms with van der Waals surface area (Å²) in [5, 5.41) is 10.2. The Hall–Kier alpha value is 0.250. The number of aliphatic hydroxyl groups excluding tert-OH is 1. The third kappa shape index (κ3) is 0.843. The highest BCUT2D eigenvalue weighted by molar-refractivity contribution is 6.21. The molecule has 4 bridgehead atoms. The third-order valence-corrected chi connectivity index (χ3v) is 4.94. The van der Waals surface area contributed by atoms with E-state index in [1.807, 2.05) is 0 Å². The summed E-state index contributed by atoms with van der Waals surface area (Å²) >= 11 is 6.31. The lowest BCUT2D eigenvalue weighted by molar-refractivity contribution is -0.0886. The van der Waals surface area contributed by atoms with Crippen molar-refractivity contribution in [1.82, 2.24) is 0 Å². The minimum atomic E-state index is -0.0692. The predicted octanol–water partition coefficient (Wildman–Crippen LogP) is 2.02. The maximum Gasteiger partial charge on any atom is 0.0611 e. The molecule has 4 rings (SSSR count). The van der Waals surface area contributed by atoms with Crippen molar-refractivity contribution in [3.05, 3.63) is 0 Å². The summed E-state index contributed by atoms with van der Waals surface area (Å²) in [6, 6.07) is 0. The van der Waals surface area contributed by atoms with Crippen molar-refractivity contribution in [1.29, 1.82) is 0 Å². The van der Waals surface area contributed by atoms with Crippen molar-refractivity contribution in [2.75, 3.05) is 0 Å². The van der Waals surface area contributed by atoms with Crippen LogP contribution in [0.15, 0.2) is 0 Å². The van der Waals surface area contributed by atoms with Crippen LogP contribution in [0.1, 0.15) is 25.7 Å². The van der Waals surface area contributed by atoms with E-state index in [1.54, 1.807) is 0 Å². The molecule has 0 amide bonds. The Kier molecular flexibility index (Phi) is 1.52. The summed E-state index contributed by atoms with van der Waals surface area (Å²) in [6.07, 6.45) is 4.94. The van der Waals surface area contributed by atoms with Gasteiger partial charge >= 0.3 is 0 Å². The smallest absolute Gasteiger partial charge is 0.0611 e. The van der Waals surface area contributed by atoms with Gasteiger partial charge in [0, 0.05) is 11.3 Å². The van der Waals surface area contributed by atoms with Gasteiger partial charge in [-0.2, -0.15) is 0 Å². The summed E-state index contributed by atoms with van der Waals surface area (Å²) in [5.41, 5.74) is 0. The highest BCUT2D eigenvalue weighted by Gasteiger charge is 2.52. The van der Waals surface area contributed by atoms with Gasteiger partial charge in [0.1, 0.15) is 0 Å². The zero-order valence-corrected chi connectivity index (χ0v) is 7.87. The molecule has 0 heterocycles. The van der Waals surface area contributed by atoms with Gasteiger partial charge < -0.3 is 5.11 Å². The highest BCUT2D eigenvalue weighted by atomic mass is 35.5. The molecule has 0 aliphatic heterocycles. The second kappa shape index (κ2) is 2.39. The van der Waals surface area contributed by atoms with E-state index in [0.717, 1.165) is 11.8 Å². The zero-order chi connectivity index (χ0) is 8.29. The van der Waals surface area contributed by atoms with Crippen LogP contribution in [0.5, 0.6) is 0 Å². The molecular weight excluding hydrogens is 172 g/mol. The Labute approximate surface area is 78.1 Å². The lowest BCUT2D eigenvalue weighted by Gasteiger charge is -2.55.